The van der Waals surface area contributed by atoms with Gasteiger partial charge in [-0.05, 0) is 18.8 Å². The van der Waals surface area contributed by atoms with Gasteiger partial charge in [0, 0.05) is 18.7 Å². The molecular formula is C12H20N4O. The number of anilines is 2. The fourth-order valence-corrected chi connectivity index (χ4v) is 1.74. The van der Waals surface area contributed by atoms with Gasteiger partial charge in [0.05, 0.1) is 0 Å². The lowest BCUT2D eigenvalue weighted by Gasteiger charge is -2.09. The number of hydrogen-bond donors (Lipinski definition) is 2. The van der Waals surface area contributed by atoms with Crippen molar-refractivity contribution in [2.45, 2.75) is 39.8 Å². The van der Waals surface area contributed by atoms with E-state index in [1.165, 1.54) is 0 Å². The first-order valence-electron chi connectivity index (χ1n) is 5.99. The lowest BCUT2D eigenvalue weighted by Crippen LogP contribution is -2.12. The molecule has 5 nitrogen and oxygen atoms in total. The average molecular weight is 236 g/mol. The number of nitrogens with one attached hydrogen (secondary N) is 1. The first-order valence-corrected chi connectivity index (χ1v) is 5.99. The third-order valence-corrected chi connectivity index (χ3v) is 3.06. The highest BCUT2D eigenvalue weighted by atomic mass is 16.5. The van der Waals surface area contributed by atoms with Crippen LogP contribution in [0.3, 0.4) is 0 Å². The number of nitrogens with zero attached hydrogens (tertiary/aromatic N) is 2. The third kappa shape index (κ3) is 3.06. The van der Waals surface area contributed by atoms with Gasteiger partial charge in [0.2, 0.25) is 0 Å². The maximum absolute atomic E-state index is 5.75. The Balaban J connectivity index is 2.04. The van der Waals surface area contributed by atoms with Crippen LogP contribution in [-0.2, 0) is 11.3 Å². The zero-order chi connectivity index (χ0) is 12.5. The van der Waals surface area contributed by atoms with Crippen molar-refractivity contribution in [3.63, 3.8) is 0 Å². The Kier molecular flexibility index (Phi) is 3.19. The minimum atomic E-state index is 0.361. The molecule has 2 rings (SSSR count). The van der Waals surface area contributed by atoms with Crippen molar-refractivity contribution in [3.8, 4) is 0 Å². The average Bonchev–Trinajstić information content (AvgIpc) is 2.82. The molecule has 3 N–H and O–H groups in total. The predicted molar refractivity (Wildman–Crippen MR) is 67.6 cm³/mol. The van der Waals surface area contributed by atoms with Gasteiger partial charge in [-0.2, -0.15) is 0 Å². The van der Waals surface area contributed by atoms with E-state index in [1.807, 2.05) is 6.92 Å². The van der Waals surface area contributed by atoms with Crippen LogP contribution in [0, 0.1) is 5.41 Å². The molecule has 0 aliphatic heterocycles. The van der Waals surface area contributed by atoms with Gasteiger partial charge < -0.3 is 15.8 Å². The topological polar surface area (TPSA) is 73.1 Å². The van der Waals surface area contributed by atoms with Crippen molar-refractivity contribution >= 4 is 11.6 Å². The van der Waals surface area contributed by atoms with Crippen LogP contribution in [0.25, 0.3) is 0 Å². The molecule has 0 saturated heterocycles. The molecule has 0 radical (unpaired) electrons. The minimum absolute atomic E-state index is 0.361. The van der Waals surface area contributed by atoms with Crippen LogP contribution >= 0.6 is 0 Å². The van der Waals surface area contributed by atoms with E-state index in [9.17, 15) is 0 Å². The lowest BCUT2D eigenvalue weighted by atomic mass is 10.2. The third-order valence-electron chi connectivity index (χ3n) is 3.06. The number of nitrogen functional groups attached to an aromatic ring is 1. The molecule has 1 aliphatic rings. The van der Waals surface area contributed by atoms with Crippen LogP contribution in [0.15, 0.2) is 6.07 Å². The summed E-state index contributed by atoms with van der Waals surface area (Å²) in [5.74, 6) is 1.91. The van der Waals surface area contributed by atoms with E-state index < -0.39 is 0 Å². The van der Waals surface area contributed by atoms with Gasteiger partial charge in [-0.15, -0.1) is 0 Å². The Morgan fingerprint density at radius 2 is 2.24 bits per heavy atom. The second kappa shape index (κ2) is 4.49. The standard InChI is InChI=1S/C12H20N4O/c1-4-17-7-11-15-9(13)5-10(16-11)14-8-6-12(8,2)3/h5,8H,4,6-7H2,1-3H3,(H3,13,14,15,16). The normalized spacial score (nSPS) is 21.2. The Hall–Kier alpha value is -1.36. The van der Waals surface area contributed by atoms with Gasteiger partial charge >= 0.3 is 0 Å². The van der Waals surface area contributed by atoms with Crippen molar-refractivity contribution in [2.24, 2.45) is 5.41 Å². The highest BCUT2D eigenvalue weighted by Crippen LogP contribution is 2.46. The monoisotopic (exact) mass is 236 g/mol. The highest BCUT2D eigenvalue weighted by molar-refractivity contribution is 5.46. The SMILES string of the molecule is CCOCc1nc(N)cc(NC2CC2(C)C)n1. The predicted octanol–water partition coefficient (Wildman–Crippen LogP) is 1.81. The summed E-state index contributed by atoms with van der Waals surface area (Å²) in [5.41, 5.74) is 6.11. The Morgan fingerprint density at radius 3 is 2.82 bits per heavy atom. The van der Waals surface area contributed by atoms with Crippen LogP contribution in [-0.4, -0.2) is 22.6 Å². The first kappa shape index (κ1) is 12.1. The summed E-state index contributed by atoms with van der Waals surface area (Å²) in [5, 5.41) is 3.38. The van der Waals surface area contributed by atoms with Crippen molar-refractivity contribution < 1.29 is 4.74 Å². The van der Waals surface area contributed by atoms with E-state index >= 15 is 0 Å². The molecule has 0 bridgehead atoms. The minimum Gasteiger partial charge on any atom is -0.384 e. The molecule has 94 valence electrons. The molecule has 1 aromatic rings. The van der Waals surface area contributed by atoms with E-state index in [2.05, 4.69) is 29.1 Å². The molecule has 17 heavy (non-hydrogen) atoms. The molecule has 1 fully saturated rings. The molecule has 0 aromatic carbocycles. The van der Waals surface area contributed by atoms with Crippen LogP contribution in [0.2, 0.25) is 0 Å². The first-order chi connectivity index (χ1) is 8.01. The summed E-state index contributed by atoms with van der Waals surface area (Å²) in [4.78, 5) is 8.53. The van der Waals surface area contributed by atoms with Gasteiger partial charge in [-0.25, -0.2) is 9.97 Å². The second-order valence-electron chi connectivity index (χ2n) is 5.12. The molecule has 1 aliphatic carbocycles. The number of rotatable bonds is 5. The van der Waals surface area contributed by atoms with E-state index in [-0.39, 0.29) is 0 Å². The molecule has 1 unspecified atom stereocenters. The fraction of sp³-hybridized carbons (Fsp3) is 0.667. The molecule has 5 heteroatoms. The molecule has 1 aromatic heterocycles. The van der Waals surface area contributed by atoms with E-state index in [1.54, 1.807) is 6.07 Å². The maximum Gasteiger partial charge on any atom is 0.158 e. The zero-order valence-electron chi connectivity index (χ0n) is 10.7. The van der Waals surface area contributed by atoms with Gasteiger partial charge in [-0.3, -0.25) is 0 Å². The van der Waals surface area contributed by atoms with E-state index in [4.69, 9.17) is 10.5 Å². The summed E-state index contributed by atoms with van der Waals surface area (Å²) in [6.45, 7) is 7.46. The fourth-order valence-electron chi connectivity index (χ4n) is 1.74. The van der Waals surface area contributed by atoms with Gasteiger partial charge in [0.15, 0.2) is 5.82 Å². The summed E-state index contributed by atoms with van der Waals surface area (Å²) in [6.07, 6.45) is 1.16. The summed E-state index contributed by atoms with van der Waals surface area (Å²) in [6, 6.07) is 2.25. The molecule has 1 atom stereocenters. The summed E-state index contributed by atoms with van der Waals surface area (Å²) in [7, 11) is 0. The smallest absolute Gasteiger partial charge is 0.158 e. The molecular weight excluding hydrogens is 216 g/mol. The largest absolute Gasteiger partial charge is 0.384 e. The Morgan fingerprint density at radius 1 is 1.53 bits per heavy atom. The molecule has 1 heterocycles. The summed E-state index contributed by atoms with van der Waals surface area (Å²) < 4.78 is 5.28. The van der Waals surface area contributed by atoms with Crippen LogP contribution in [0.5, 0.6) is 0 Å². The number of nitrogens with two attached hydrogens (primary N) is 1. The van der Waals surface area contributed by atoms with Gasteiger partial charge in [-0.1, -0.05) is 13.8 Å². The van der Waals surface area contributed by atoms with Gasteiger partial charge in [0.1, 0.15) is 18.2 Å². The second-order valence-corrected chi connectivity index (χ2v) is 5.12. The van der Waals surface area contributed by atoms with Crippen molar-refractivity contribution in [1.82, 2.24) is 9.97 Å². The Labute approximate surface area is 102 Å². The van der Waals surface area contributed by atoms with Gasteiger partial charge in [0.25, 0.3) is 0 Å². The van der Waals surface area contributed by atoms with E-state index in [0.29, 0.717) is 36.3 Å². The van der Waals surface area contributed by atoms with Crippen LogP contribution < -0.4 is 11.1 Å². The maximum atomic E-state index is 5.75. The van der Waals surface area contributed by atoms with Crippen molar-refractivity contribution in [1.29, 1.82) is 0 Å². The van der Waals surface area contributed by atoms with Crippen molar-refractivity contribution in [3.05, 3.63) is 11.9 Å². The molecule has 0 amide bonds. The zero-order valence-corrected chi connectivity index (χ0v) is 10.7. The lowest BCUT2D eigenvalue weighted by molar-refractivity contribution is 0.128. The molecule has 1 saturated carbocycles. The van der Waals surface area contributed by atoms with Crippen LogP contribution in [0.4, 0.5) is 11.6 Å². The van der Waals surface area contributed by atoms with Crippen molar-refractivity contribution in [2.75, 3.05) is 17.7 Å². The quantitative estimate of drug-likeness (QED) is 0.815. The Bertz CT molecular complexity index is 405. The van der Waals surface area contributed by atoms with Crippen LogP contribution in [0.1, 0.15) is 33.0 Å². The number of ether oxygens (including phenoxy) is 1. The highest BCUT2D eigenvalue weighted by Gasteiger charge is 2.45. The number of aromatic nitrogens is 2. The summed E-state index contributed by atoms with van der Waals surface area (Å²) >= 11 is 0. The number of hydrogen-bond acceptors (Lipinski definition) is 5. The molecule has 0 spiro atoms. The van der Waals surface area contributed by atoms with E-state index in [0.717, 1.165) is 12.2 Å².